The maximum atomic E-state index is 11.5. The van der Waals surface area contributed by atoms with E-state index in [1.54, 1.807) is 10.8 Å². The van der Waals surface area contributed by atoms with E-state index in [4.69, 9.17) is 4.74 Å². The predicted octanol–water partition coefficient (Wildman–Crippen LogP) is 1.12. The lowest BCUT2D eigenvalue weighted by Crippen LogP contribution is -2.26. The van der Waals surface area contributed by atoms with Gasteiger partial charge in [-0.15, -0.1) is 9.52 Å². The molecule has 0 saturated carbocycles. The summed E-state index contributed by atoms with van der Waals surface area (Å²) in [7, 11) is 1.53. The molecule has 1 unspecified atom stereocenters. The summed E-state index contributed by atoms with van der Waals surface area (Å²) >= 11 is 0. The van der Waals surface area contributed by atoms with Gasteiger partial charge < -0.3 is 15.4 Å². The van der Waals surface area contributed by atoms with Crippen LogP contribution < -0.4 is 10.6 Å². The molecular weight excluding hydrogens is 232 g/mol. The molecule has 0 bridgehead atoms. The van der Waals surface area contributed by atoms with Crippen molar-refractivity contribution in [2.24, 2.45) is 0 Å². The Morgan fingerprint density at radius 3 is 3.27 bits per heavy atom. The van der Waals surface area contributed by atoms with Crippen LogP contribution in [0.5, 0.6) is 0 Å². The number of nitrogens with one attached hydrogen (secondary N) is 2. The van der Waals surface area contributed by atoms with Crippen LogP contribution in [-0.4, -0.2) is 25.1 Å². The van der Waals surface area contributed by atoms with E-state index >= 15 is 0 Å². The molecule has 0 radical (unpaired) electrons. The lowest BCUT2D eigenvalue weighted by atomic mass is 10.4. The second-order valence-electron chi connectivity index (χ2n) is 2.97. The number of rotatable bonds is 4. The Balaban J connectivity index is 2.11. The number of carbonyl (C=O) groups excluding carboxylic acids is 1. The van der Waals surface area contributed by atoms with Gasteiger partial charge in [0.25, 0.3) is 5.91 Å². The summed E-state index contributed by atoms with van der Waals surface area (Å²) in [6.45, 7) is 2.91. The van der Waals surface area contributed by atoms with Crippen molar-refractivity contribution in [2.45, 2.75) is 6.92 Å². The molecule has 0 aromatic heterocycles. The van der Waals surface area contributed by atoms with Gasteiger partial charge >= 0.3 is 0 Å². The third kappa shape index (κ3) is 2.11. The fourth-order valence-electron chi connectivity index (χ4n) is 1.30. The van der Waals surface area contributed by atoms with Crippen LogP contribution in [0.2, 0.25) is 0 Å². The molecule has 82 valence electrons. The summed E-state index contributed by atoms with van der Waals surface area (Å²) < 4.78 is 5.15. The first-order chi connectivity index (χ1) is 7.22. The van der Waals surface area contributed by atoms with Crippen molar-refractivity contribution < 1.29 is 9.53 Å². The monoisotopic (exact) mass is 244 g/mol. The molecule has 2 aliphatic heterocycles. The molecule has 0 saturated heterocycles. The number of hydrogen-bond donors (Lipinski definition) is 2. The number of fused-ring (bicyclic) bond motifs is 1. The van der Waals surface area contributed by atoms with Crippen molar-refractivity contribution in [1.82, 2.24) is 10.6 Å². The zero-order chi connectivity index (χ0) is 10.8. The van der Waals surface area contributed by atoms with Gasteiger partial charge in [0.2, 0.25) is 0 Å². The van der Waals surface area contributed by atoms with Crippen LogP contribution in [0.1, 0.15) is 6.92 Å². The van der Waals surface area contributed by atoms with E-state index in [0.29, 0.717) is 19.0 Å². The normalized spacial score (nSPS) is 23.9. The fourth-order valence-corrected chi connectivity index (χ4v) is 4.12. The lowest BCUT2D eigenvalue weighted by molar-refractivity contribution is -0.116. The summed E-state index contributed by atoms with van der Waals surface area (Å²) in [6.07, 6.45) is 0. The molecule has 2 aliphatic rings. The minimum atomic E-state index is -0.0832. The molecule has 0 aliphatic carbocycles. The molecule has 15 heavy (non-hydrogen) atoms. The van der Waals surface area contributed by atoms with E-state index in [1.807, 2.05) is 12.3 Å². The SMILES string of the molecule is C=S1C=C2NC(=O)C(NCOCC)=C2S1. The smallest absolute Gasteiger partial charge is 0.273 e. The molecular formula is C9H12N2O2S2. The molecule has 0 spiro atoms. The minimum Gasteiger partial charge on any atom is -0.362 e. The summed E-state index contributed by atoms with van der Waals surface area (Å²) in [5.41, 5.74) is 1.50. The molecule has 1 amide bonds. The maximum absolute atomic E-state index is 11.5. The Kier molecular flexibility index (Phi) is 3.18. The Labute approximate surface area is 94.5 Å². The zero-order valence-corrected chi connectivity index (χ0v) is 9.96. The molecule has 0 fully saturated rings. The second-order valence-corrected chi connectivity index (χ2v) is 6.32. The predicted molar refractivity (Wildman–Crippen MR) is 65.2 cm³/mol. The number of ether oxygens (including phenoxy) is 1. The van der Waals surface area contributed by atoms with Crippen molar-refractivity contribution in [1.29, 1.82) is 0 Å². The fraction of sp³-hybridized carbons (Fsp3) is 0.333. The summed E-state index contributed by atoms with van der Waals surface area (Å²) in [6, 6.07) is 0. The standard InChI is InChI=1S/C9H12N2O2S2/c1-3-13-5-10-7-8-6(11-9(7)12)4-15(2)14-8/h4,10H,2-3,5H2,1H3,(H,11,12). The molecule has 0 aromatic carbocycles. The molecule has 1 atom stereocenters. The van der Waals surface area contributed by atoms with Crippen molar-refractivity contribution in [3.8, 4) is 0 Å². The lowest BCUT2D eigenvalue weighted by Gasteiger charge is -2.06. The molecule has 2 N–H and O–H groups in total. The summed E-state index contributed by atoms with van der Waals surface area (Å²) in [4.78, 5) is 12.5. The third-order valence-corrected chi connectivity index (χ3v) is 4.68. The van der Waals surface area contributed by atoms with Crippen LogP contribution in [0.3, 0.4) is 0 Å². The van der Waals surface area contributed by atoms with Crippen molar-refractivity contribution in [2.75, 3.05) is 13.3 Å². The van der Waals surface area contributed by atoms with Crippen LogP contribution in [-0.2, 0) is 9.53 Å². The number of carbonyl (C=O) groups is 1. The van der Waals surface area contributed by atoms with Gasteiger partial charge in [-0.2, -0.15) is 0 Å². The average molecular weight is 244 g/mol. The second kappa shape index (κ2) is 4.42. The van der Waals surface area contributed by atoms with Gasteiger partial charge in [-0.1, -0.05) is 16.7 Å². The molecule has 0 aromatic rings. The first-order valence-electron chi connectivity index (χ1n) is 4.53. The van der Waals surface area contributed by atoms with Crippen LogP contribution in [0.15, 0.2) is 21.7 Å². The van der Waals surface area contributed by atoms with E-state index in [1.165, 1.54) is 0 Å². The quantitative estimate of drug-likeness (QED) is 0.337. The van der Waals surface area contributed by atoms with Gasteiger partial charge in [-0.25, -0.2) is 0 Å². The van der Waals surface area contributed by atoms with Crippen LogP contribution in [0.4, 0.5) is 0 Å². The van der Waals surface area contributed by atoms with E-state index in [9.17, 15) is 4.79 Å². The van der Waals surface area contributed by atoms with E-state index in [-0.39, 0.29) is 15.4 Å². The Bertz CT molecular complexity index is 388. The average Bonchev–Trinajstić information content (AvgIpc) is 2.65. The van der Waals surface area contributed by atoms with Gasteiger partial charge in [0.1, 0.15) is 12.4 Å². The highest BCUT2D eigenvalue weighted by molar-refractivity contribution is 8.86. The van der Waals surface area contributed by atoms with Crippen molar-refractivity contribution in [3.63, 3.8) is 0 Å². The first kappa shape index (κ1) is 10.8. The van der Waals surface area contributed by atoms with Gasteiger partial charge in [-0.3, -0.25) is 4.79 Å². The third-order valence-electron chi connectivity index (χ3n) is 1.94. The number of amides is 1. The highest BCUT2D eigenvalue weighted by Gasteiger charge is 2.31. The van der Waals surface area contributed by atoms with Gasteiger partial charge in [-0.05, 0) is 6.92 Å². The molecule has 2 rings (SSSR count). The largest absolute Gasteiger partial charge is 0.362 e. The Morgan fingerprint density at radius 1 is 1.73 bits per heavy atom. The first-order valence-corrected chi connectivity index (χ1v) is 7.32. The van der Waals surface area contributed by atoms with E-state index < -0.39 is 0 Å². The van der Waals surface area contributed by atoms with Gasteiger partial charge in [0.05, 0.1) is 10.6 Å². The molecule has 6 heteroatoms. The highest BCUT2D eigenvalue weighted by Crippen LogP contribution is 2.50. The van der Waals surface area contributed by atoms with Crippen LogP contribution in [0.25, 0.3) is 0 Å². The Hall–Kier alpha value is -0.720. The molecule has 2 heterocycles. The number of hydrogen-bond acceptors (Lipinski definition) is 4. The van der Waals surface area contributed by atoms with Gasteiger partial charge in [0.15, 0.2) is 0 Å². The summed E-state index contributed by atoms with van der Waals surface area (Å²) in [5.74, 6) is 3.86. The van der Waals surface area contributed by atoms with Crippen molar-refractivity contribution in [3.05, 3.63) is 21.7 Å². The topological polar surface area (TPSA) is 50.4 Å². The van der Waals surface area contributed by atoms with Gasteiger partial charge in [0, 0.05) is 12.0 Å². The minimum absolute atomic E-state index is 0.0734. The summed E-state index contributed by atoms with van der Waals surface area (Å²) in [5, 5.41) is 7.76. The molecule has 4 nitrogen and oxygen atoms in total. The Morgan fingerprint density at radius 2 is 2.53 bits per heavy atom. The zero-order valence-electron chi connectivity index (χ0n) is 8.33. The van der Waals surface area contributed by atoms with E-state index in [0.717, 1.165) is 10.6 Å². The highest BCUT2D eigenvalue weighted by atomic mass is 33.1. The van der Waals surface area contributed by atoms with Crippen molar-refractivity contribution >= 4 is 32.1 Å². The maximum Gasteiger partial charge on any atom is 0.273 e. The van der Waals surface area contributed by atoms with Crippen LogP contribution >= 0.6 is 20.3 Å². The van der Waals surface area contributed by atoms with E-state index in [2.05, 4.69) is 16.5 Å². The van der Waals surface area contributed by atoms with Crippen LogP contribution in [0, 0.1) is 0 Å².